The van der Waals surface area contributed by atoms with E-state index in [0.29, 0.717) is 7.48 Å². The van der Waals surface area contributed by atoms with Crippen LogP contribution in [0.15, 0.2) is 12.1 Å². The summed E-state index contributed by atoms with van der Waals surface area (Å²) in [6.45, 7) is 7.11. The maximum absolute atomic E-state index is 9.70. The Morgan fingerprint density at radius 1 is 1.31 bits per heavy atom. The van der Waals surface area contributed by atoms with Crippen LogP contribution in [0.3, 0.4) is 0 Å². The van der Waals surface area contributed by atoms with E-state index in [9.17, 15) is 5.11 Å². The number of rotatable bonds is 5. The molecule has 0 aliphatic rings. The van der Waals surface area contributed by atoms with Crippen LogP contribution in [0.2, 0.25) is 0 Å². The van der Waals surface area contributed by atoms with Crippen molar-refractivity contribution in [1.29, 1.82) is 0 Å². The van der Waals surface area contributed by atoms with Crippen LogP contribution in [0.4, 0.5) is 0 Å². The lowest BCUT2D eigenvalue weighted by atomic mass is 9.86. The van der Waals surface area contributed by atoms with Crippen molar-refractivity contribution in [2.24, 2.45) is 0 Å². The van der Waals surface area contributed by atoms with E-state index < -0.39 is 11.2 Å². The average Bonchev–Trinajstić information content (AvgIpc) is 1.96. The van der Waals surface area contributed by atoms with Crippen molar-refractivity contribution in [3.8, 4) is 0 Å². The molecule has 0 aliphatic carbocycles. The highest BCUT2D eigenvalue weighted by atomic mass is 16.5. The first-order valence-corrected chi connectivity index (χ1v) is 4.43. The second kappa shape index (κ2) is 4.79. The molecule has 0 radical (unpaired) electrons. The zero-order chi connectivity index (χ0) is 10.5. The van der Waals surface area contributed by atoms with Gasteiger partial charge in [0, 0.05) is 0 Å². The fraction of sp³-hybridized carbons (Fsp3) is 0.778. The van der Waals surface area contributed by atoms with Gasteiger partial charge in [-0.1, -0.05) is 12.1 Å². The molecular formula is C9H19BO3. The number of hydrogen-bond donors (Lipinski definition) is 2. The van der Waals surface area contributed by atoms with E-state index in [2.05, 4.69) is 0 Å². The van der Waals surface area contributed by atoms with Gasteiger partial charge in [-0.15, -0.1) is 0 Å². The SMILES string of the molecule is CC(C)(O)C(C)(C)OB/C=C/CO. The lowest BCUT2D eigenvalue weighted by Crippen LogP contribution is -2.47. The van der Waals surface area contributed by atoms with Crippen LogP contribution >= 0.6 is 0 Å². The van der Waals surface area contributed by atoms with Crippen molar-refractivity contribution in [3.05, 3.63) is 12.1 Å². The Balaban J connectivity index is 3.97. The summed E-state index contributed by atoms with van der Waals surface area (Å²) >= 11 is 0. The second-order valence-corrected chi connectivity index (χ2v) is 4.03. The van der Waals surface area contributed by atoms with Crippen LogP contribution in [0, 0.1) is 0 Å². The fourth-order valence-electron chi connectivity index (χ4n) is 0.576. The molecule has 76 valence electrons. The zero-order valence-electron chi connectivity index (χ0n) is 8.87. The van der Waals surface area contributed by atoms with E-state index in [1.54, 1.807) is 25.9 Å². The molecule has 0 aromatic carbocycles. The van der Waals surface area contributed by atoms with E-state index in [1.165, 1.54) is 0 Å². The lowest BCUT2D eigenvalue weighted by molar-refractivity contribution is -0.0894. The van der Waals surface area contributed by atoms with Crippen molar-refractivity contribution >= 4 is 7.48 Å². The van der Waals surface area contributed by atoms with Gasteiger partial charge in [0.2, 0.25) is 0 Å². The fourth-order valence-corrected chi connectivity index (χ4v) is 0.576. The quantitative estimate of drug-likeness (QED) is 0.611. The number of aliphatic hydroxyl groups excluding tert-OH is 1. The molecule has 3 nitrogen and oxygen atoms in total. The van der Waals surface area contributed by atoms with E-state index in [-0.39, 0.29) is 6.61 Å². The lowest BCUT2D eigenvalue weighted by Gasteiger charge is -2.37. The molecule has 0 saturated heterocycles. The van der Waals surface area contributed by atoms with Gasteiger partial charge in [0.15, 0.2) is 0 Å². The molecular weight excluding hydrogens is 167 g/mol. The maximum atomic E-state index is 9.70. The van der Waals surface area contributed by atoms with Gasteiger partial charge in [-0.3, -0.25) is 0 Å². The Kier molecular flexibility index (Phi) is 4.68. The maximum Gasteiger partial charge on any atom is 0.301 e. The summed E-state index contributed by atoms with van der Waals surface area (Å²) in [6, 6.07) is 0. The standard InChI is InChI=1S/C9H19BO3/c1-8(2,12)9(3,4)13-10-6-5-7-11/h5-6,10-12H,7H2,1-4H3/b6-5+. The Morgan fingerprint density at radius 2 is 1.85 bits per heavy atom. The van der Waals surface area contributed by atoms with E-state index in [0.717, 1.165) is 0 Å². The molecule has 0 spiro atoms. The largest absolute Gasteiger partial charge is 0.427 e. The predicted octanol–water partition coefficient (Wildman–Crippen LogP) is 0.410. The summed E-state index contributed by atoms with van der Waals surface area (Å²) < 4.78 is 5.45. The molecule has 0 saturated carbocycles. The summed E-state index contributed by atoms with van der Waals surface area (Å²) in [5.74, 6) is 1.73. The van der Waals surface area contributed by atoms with Gasteiger partial charge < -0.3 is 14.9 Å². The molecule has 0 unspecified atom stereocenters. The average molecular weight is 186 g/mol. The molecule has 0 fully saturated rings. The molecule has 0 atom stereocenters. The van der Waals surface area contributed by atoms with Crippen LogP contribution in [-0.2, 0) is 4.65 Å². The summed E-state index contributed by atoms with van der Waals surface area (Å²) in [7, 11) is 0.400. The molecule has 4 heteroatoms. The van der Waals surface area contributed by atoms with Gasteiger partial charge >= 0.3 is 7.48 Å². The van der Waals surface area contributed by atoms with Gasteiger partial charge in [-0.05, 0) is 27.7 Å². The van der Waals surface area contributed by atoms with Crippen molar-refractivity contribution in [1.82, 2.24) is 0 Å². The highest BCUT2D eigenvalue weighted by molar-refractivity contribution is 6.34. The molecule has 0 amide bonds. The van der Waals surface area contributed by atoms with Crippen LogP contribution in [0.5, 0.6) is 0 Å². The predicted molar refractivity (Wildman–Crippen MR) is 54.8 cm³/mol. The second-order valence-electron chi connectivity index (χ2n) is 4.03. The van der Waals surface area contributed by atoms with Gasteiger partial charge in [-0.2, -0.15) is 0 Å². The van der Waals surface area contributed by atoms with Crippen molar-refractivity contribution in [2.75, 3.05) is 6.61 Å². The molecule has 0 bridgehead atoms. The van der Waals surface area contributed by atoms with Gasteiger partial charge in [0.05, 0.1) is 17.8 Å². The Labute approximate surface area is 80.7 Å². The molecule has 2 N–H and O–H groups in total. The van der Waals surface area contributed by atoms with Crippen LogP contribution in [0.25, 0.3) is 0 Å². The van der Waals surface area contributed by atoms with Gasteiger partial charge in [0.1, 0.15) is 0 Å². The van der Waals surface area contributed by atoms with E-state index >= 15 is 0 Å². The Morgan fingerprint density at radius 3 is 2.23 bits per heavy atom. The Bertz CT molecular complexity index is 170. The molecule has 0 rings (SSSR count). The molecule has 0 aromatic heterocycles. The highest BCUT2D eigenvalue weighted by Crippen LogP contribution is 2.24. The Hall–Kier alpha value is -0.315. The first-order valence-electron chi connectivity index (χ1n) is 4.43. The third-order valence-corrected chi connectivity index (χ3v) is 2.29. The first kappa shape index (κ1) is 12.7. The van der Waals surface area contributed by atoms with Crippen molar-refractivity contribution in [2.45, 2.75) is 38.9 Å². The minimum absolute atomic E-state index is 0.0201. The molecule has 0 aliphatic heterocycles. The van der Waals surface area contributed by atoms with Crippen LogP contribution < -0.4 is 0 Å². The first-order chi connectivity index (χ1) is 5.81. The summed E-state index contributed by atoms with van der Waals surface area (Å²) in [4.78, 5) is 0. The third-order valence-electron chi connectivity index (χ3n) is 2.29. The minimum Gasteiger partial charge on any atom is -0.427 e. The normalized spacial score (nSPS) is 13.7. The van der Waals surface area contributed by atoms with Crippen LogP contribution in [0.1, 0.15) is 27.7 Å². The van der Waals surface area contributed by atoms with E-state index in [1.807, 2.05) is 13.8 Å². The monoisotopic (exact) mass is 186 g/mol. The molecule has 0 aromatic rings. The number of aliphatic hydroxyl groups is 2. The van der Waals surface area contributed by atoms with Gasteiger partial charge in [-0.25, -0.2) is 0 Å². The smallest absolute Gasteiger partial charge is 0.301 e. The summed E-state index contributed by atoms with van der Waals surface area (Å²) in [6.07, 6.45) is 1.61. The van der Waals surface area contributed by atoms with Crippen molar-refractivity contribution < 1.29 is 14.9 Å². The van der Waals surface area contributed by atoms with Crippen molar-refractivity contribution in [3.63, 3.8) is 0 Å². The highest BCUT2D eigenvalue weighted by Gasteiger charge is 2.35. The molecule has 0 heterocycles. The van der Waals surface area contributed by atoms with E-state index in [4.69, 9.17) is 9.76 Å². The van der Waals surface area contributed by atoms with Gasteiger partial charge in [0.25, 0.3) is 0 Å². The zero-order valence-corrected chi connectivity index (χ0v) is 8.87. The number of hydrogen-bond acceptors (Lipinski definition) is 3. The summed E-state index contributed by atoms with van der Waals surface area (Å²) in [5.41, 5.74) is -1.47. The third kappa shape index (κ3) is 4.46. The topological polar surface area (TPSA) is 49.7 Å². The molecule has 13 heavy (non-hydrogen) atoms. The minimum atomic E-state index is -0.875. The van der Waals surface area contributed by atoms with Crippen LogP contribution in [-0.4, -0.2) is 35.5 Å². The summed E-state index contributed by atoms with van der Waals surface area (Å²) in [5, 5.41) is 18.2.